The van der Waals surface area contributed by atoms with E-state index in [1.165, 1.54) is 53.9 Å². The van der Waals surface area contributed by atoms with E-state index in [9.17, 15) is 13.2 Å². The fourth-order valence-corrected chi connectivity index (χ4v) is 5.13. The molecule has 1 N–H and O–H groups in total. The first-order valence-electron chi connectivity index (χ1n) is 8.36. The molecule has 6 nitrogen and oxygen atoms in total. The summed E-state index contributed by atoms with van der Waals surface area (Å²) in [7, 11) is -2.38. The van der Waals surface area contributed by atoms with Crippen LogP contribution in [0.4, 0.5) is 5.13 Å². The number of sulfonamides is 1. The molecule has 140 valence electrons. The molecule has 0 bridgehead atoms. The molecule has 0 spiro atoms. The number of nitrogens with one attached hydrogen (secondary N) is 1. The van der Waals surface area contributed by atoms with Crippen LogP contribution in [0.15, 0.2) is 29.2 Å². The van der Waals surface area contributed by atoms with Crippen molar-refractivity contribution in [2.24, 2.45) is 0 Å². The highest BCUT2D eigenvalue weighted by atomic mass is 35.5. The van der Waals surface area contributed by atoms with E-state index in [4.69, 9.17) is 11.6 Å². The lowest BCUT2D eigenvalue weighted by Gasteiger charge is -2.16. The minimum Gasteiger partial charge on any atom is -0.301 e. The lowest BCUT2D eigenvalue weighted by molar-refractivity contribution is -0.116. The highest BCUT2D eigenvalue weighted by Crippen LogP contribution is 2.29. The average molecular weight is 414 g/mol. The van der Waals surface area contributed by atoms with E-state index in [0.29, 0.717) is 10.2 Å². The molecule has 0 atom stereocenters. The summed E-state index contributed by atoms with van der Waals surface area (Å²) >= 11 is 7.27. The Kier molecular flexibility index (Phi) is 5.96. The Morgan fingerprint density at radius 1 is 1.23 bits per heavy atom. The number of thiazole rings is 1. The van der Waals surface area contributed by atoms with Gasteiger partial charge in [-0.15, -0.1) is 11.3 Å². The lowest BCUT2D eigenvalue weighted by atomic mass is 10.2. The molecular weight excluding hydrogens is 394 g/mol. The van der Waals surface area contributed by atoms with Gasteiger partial charge in [-0.2, -0.15) is 4.31 Å². The number of hydrogen-bond acceptors (Lipinski definition) is 5. The molecule has 0 saturated carbocycles. The van der Waals surface area contributed by atoms with Gasteiger partial charge in [-0.3, -0.25) is 4.79 Å². The number of halogens is 1. The predicted octanol–water partition coefficient (Wildman–Crippen LogP) is 3.32. The molecule has 1 heterocycles. The van der Waals surface area contributed by atoms with Crippen LogP contribution in [0.3, 0.4) is 0 Å². The van der Waals surface area contributed by atoms with Gasteiger partial charge in [0.25, 0.3) is 0 Å². The highest BCUT2D eigenvalue weighted by molar-refractivity contribution is 7.89. The summed E-state index contributed by atoms with van der Waals surface area (Å²) < 4.78 is 26.1. The summed E-state index contributed by atoms with van der Waals surface area (Å²) in [5, 5.41) is 3.72. The second-order valence-corrected chi connectivity index (χ2v) is 9.78. The van der Waals surface area contributed by atoms with Crippen LogP contribution in [-0.4, -0.2) is 37.2 Å². The van der Waals surface area contributed by atoms with E-state index in [1.54, 1.807) is 0 Å². The van der Waals surface area contributed by atoms with Crippen molar-refractivity contribution in [3.63, 3.8) is 0 Å². The zero-order valence-electron chi connectivity index (χ0n) is 14.4. The van der Waals surface area contributed by atoms with Crippen LogP contribution < -0.4 is 5.32 Å². The summed E-state index contributed by atoms with van der Waals surface area (Å²) in [6.07, 6.45) is 5.40. The molecule has 0 saturated heterocycles. The topological polar surface area (TPSA) is 79.4 Å². The van der Waals surface area contributed by atoms with Gasteiger partial charge in [-0.1, -0.05) is 18.0 Å². The molecule has 1 aromatic heterocycles. The maximum Gasteiger partial charge on any atom is 0.243 e. The van der Waals surface area contributed by atoms with Crippen molar-refractivity contribution in [3.05, 3.63) is 39.9 Å². The number of hydrogen-bond donors (Lipinski definition) is 1. The Bertz CT molecular complexity index is 871. The summed E-state index contributed by atoms with van der Waals surface area (Å²) in [5.41, 5.74) is 1.06. The third-order valence-electron chi connectivity index (χ3n) is 4.23. The van der Waals surface area contributed by atoms with Crippen molar-refractivity contribution in [1.82, 2.24) is 9.29 Å². The number of carbonyl (C=O) groups excluding carboxylic acids is 1. The molecule has 2 aromatic rings. The van der Waals surface area contributed by atoms with E-state index >= 15 is 0 Å². The largest absolute Gasteiger partial charge is 0.301 e. The van der Waals surface area contributed by atoms with E-state index in [2.05, 4.69) is 10.3 Å². The molecule has 0 radical (unpaired) electrons. The Labute approximate surface area is 162 Å². The molecule has 0 fully saturated rings. The SMILES string of the molecule is CN(CC(=O)Nc1nc2c(s1)CCCCC2)S(=O)(=O)c1ccc(Cl)cc1. The number of aromatic nitrogens is 1. The van der Waals surface area contributed by atoms with Crippen LogP contribution in [0, 0.1) is 0 Å². The second kappa shape index (κ2) is 8.04. The molecule has 1 aliphatic rings. The minimum absolute atomic E-state index is 0.0955. The third-order valence-corrected chi connectivity index (χ3v) is 7.37. The molecule has 1 aliphatic carbocycles. The van der Waals surface area contributed by atoms with E-state index in [0.717, 1.165) is 35.7 Å². The van der Waals surface area contributed by atoms with Gasteiger partial charge in [-0.05, 0) is 49.9 Å². The Hall–Kier alpha value is -1.48. The number of nitrogens with zero attached hydrogens (tertiary/aromatic N) is 2. The van der Waals surface area contributed by atoms with E-state index in [-0.39, 0.29) is 11.4 Å². The van der Waals surface area contributed by atoms with Gasteiger partial charge in [-0.25, -0.2) is 13.4 Å². The molecule has 1 amide bonds. The van der Waals surface area contributed by atoms with Crippen molar-refractivity contribution < 1.29 is 13.2 Å². The van der Waals surface area contributed by atoms with Crippen molar-refractivity contribution in [2.75, 3.05) is 18.9 Å². The monoisotopic (exact) mass is 413 g/mol. The summed E-state index contributed by atoms with van der Waals surface area (Å²) in [5.74, 6) is -0.408. The van der Waals surface area contributed by atoms with Crippen LogP contribution >= 0.6 is 22.9 Å². The van der Waals surface area contributed by atoms with Crippen LogP contribution in [0.25, 0.3) is 0 Å². The van der Waals surface area contributed by atoms with Gasteiger partial charge >= 0.3 is 0 Å². The summed E-state index contributed by atoms with van der Waals surface area (Å²) in [6, 6.07) is 5.85. The molecule has 26 heavy (non-hydrogen) atoms. The first-order chi connectivity index (χ1) is 12.4. The van der Waals surface area contributed by atoms with Crippen molar-refractivity contribution >= 4 is 44.0 Å². The van der Waals surface area contributed by atoms with Crippen LogP contribution in [-0.2, 0) is 27.7 Å². The Balaban J connectivity index is 1.65. The molecule has 9 heteroatoms. The predicted molar refractivity (Wildman–Crippen MR) is 103 cm³/mol. The number of fused-ring (bicyclic) bond motifs is 1. The minimum atomic E-state index is -3.75. The number of carbonyl (C=O) groups is 1. The van der Waals surface area contributed by atoms with Gasteiger partial charge in [0.15, 0.2) is 5.13 Å². The number of likely N-dealkylation sites (N-methyl/N-ethyl adjacent to an activating group) is 1. The fourth-order valence-electron chi connectivity index (χ4n) is 2.81. The summed E-state index contributed by atoms with van der Waals surface area (Å²) in [4.78, 5) is 18.1. The van der Waals surface area contributed by atoms with Gasteiger partial charge in [0.05, 0.1) is 17.1 Å². The molecule has 3 rings (SSSR count). The zero-order valence-corrected chi connectivity index (χ0v) is 16.8. The number of aryl methyl sites for hydroxylation is 2. The zero-order chi connectivity index (χ0) is 18.7. The second-order valence-electron chi connectivity index (χ2n) is 6.21. The molecular formula is C17H20ClN3O3S2. The van der Waals surface area contributed by atoms with Crippen LogP contribution in [0.1, 0.15) is 29.8 Å². The number of anilines is 1. The normalized spacial score (nSPS) is 14.7. The van der Waals surface area contributed by atoms with Crippen molar-refractivity contribution in [1.29, 1.82) is 0 Å². The van der Waals surface area contributed by atoms with E-state index < -0.39 is 15.9 Å². The van der Waals surface area contributed by atoms with Gasteiger partial charge in [0.2, 0.25) is 15.9 Å². The number of amides is 1. The lowest BCUT2D eigenvalue weighted by Crippen LogP contribution is -2.34. The molecule has 1 aromatic carbocycles. The third kappa shape index (κ3) is 4.43. The van der Waals surface area contributed by atoms with Gasteiger partial charge in [0, 0.05) is 16.9 Å². The number of rotatable bonds is 5. The smallest absolute Gasteiger partial charge is 0.243 e. The quantitative estimate of drug-likeness (QED) is 0.762. The van der Waals surface area contributed by atoms with E-state index in [1.807, 2.05) is 0 Å². The first-order valence-corrected chi connectivity index (χ1v) is 11.0. The van der Waals surface area contributed by atoms with Crippen LogP contribution in [0.2, 0.25) is 5.02 Å². The Morgan fingerprint density at radius 3 is 2.65 bits per heavy atom. The molecule has 0 aliphatic heterocycles. The van der Waals surface area contributed by atoms with Gasteiger partial charge in [0.1, 0.15) is 0 Å². The number of benzene rings is 1. The maximum atomic E-state index is 12.5. The fraction of sp³-hybridized carbons (Fsp3) is 0.412. The molecule has 0 unspecified atom stereocenters. The van der Waals surface area contributed by atoms with Gasteiger partial charge < -0.3 is 5.32 Å². The van der Waals surface area contributed by atoms with Crippen molar-refractivity contribution in [3.8, 4) is 0 Å². The van der Waals surface area contributed by atoms with Crippen LogP contribution in [0.5, 0.6) is 0 Å². The standard InChI is InChI=1S/C17H20ClN3O3S2/c1-21(26(23,24)13-9-7-12(18)8-10-13)11-16(22)20-17-19-14-5-3-2-4-6-15(14)25-17/h7-10H,2-6,11H2,1H3,(H,19,20,22). The summed E-state index contributed by atoms with van der Waals surface area (Å²) in [6.45, 7) is -0.283. The average Bonchev–Trinajstić information content (AvgIpc) is 2.83. The Morgan fingerprint density at radius 2 is 1.92 bits per heavy atom. The highest BCUT2D eigenvalue weighted by Gasteiger charge is 2.23. The first kappa shape index (κ1) is 19.3. The maximum absolute atomic E-state index is 12.5. The van der Waals surface area contributed by atoms with Crippen molar-refractivity contribution in [2.45, 2.75) is 37.0 Å².